The lowest BCUT2D eigenvalue weighted by molar-refractivity contribution is -0.170. The Labute approximate surface area is 126 Å². The van der Waals surface area contributed by atoms with E-state index in [0.29, 0.717) is 19.3 Å². The molecule has 1 rings (SSSR count). The predicted molar refractivity (Wildman–Crippen MR) is 80.8 cm³/mol. The van der Waals surface area contributed by atoms with Gasteiger partial charge in [0.05, 0.1) is 14.2 Å². The molecule has 0 aromatic heterocycles. The van der Waals surface area contributed by atoms with E-state index in [1.165, 1.54) is 14.2 Å². The highest BCUT2D eigenvalue weighted by molar-refractivity contribution is 6.00. The lowest BCUT2D eigenvalue weighted by atomic mass is 9.77. The molecular weight excluding hydrogens is 268 g/mol. The maximum absolute atomic E-state index is 12.2. The van der Waals surface area contributed by atoms with Crippen LogP contribution in [0.15, 0.2) is 30.3 Å². The van der Waals surface area contributed by atoms with Gasteiger partial charge in [-0.2, -0.15) is 0 Å². The van der Waals surface area contributed by atoms with Crippen molar-refractivity contribution < 1.29 is 19.1 Å². The van der Waals surface area contributed by atoms with Gasteiger partial charge in [-0.3, -0.25) is 9.59 Å². The van der Waals surface area contributed by atoms with E-state index >= 15 is 0 Å². The summed E-state index contributed by atoms with van der Waals surface area (Å²) in [4.78, 5) is 24.5. The van der Waals surface area contributed by atoms with Crippen molar-refractivity contribution in [2.45, 2.75) is 39.0 Å². The summed E-state index contributed by atoms with van der Waals surface area (Å²) >= 11 is 0. The van der Waals surface area contributed by atoms with Crippen LogP contribution >= 0.6 is 0 Å². The van der Waals surface area contributed by atoms with Crippen LogP contribution in [-0.4, -0.2) is 26.2 Å². The minimum atomic E-state index is -1.20. The number of hydrogen-bond acceptors (Lipinski definition) is 4. The van der Waals surface area contributed by atoms with Crippen LogP contribution in [0.4, 0.5) is 0 Å². The fourth-order valence-corrected chi connectivity index (χ4v) is 2.49. The monoisotopic (exact) mass is 292 g/mol. The molecule has 4 nitrogen and oxygen atoms in total. The summed E-state index contributed by atoms with van der Waals surface area (Å²) in [5.41, 5.74) is -0.110. The second-order valence-corrected chi connectivity index (χ2v) is 5.15. The third-order valence-corrected chi connectivity index (χ3v) is 3.79. The van der Waals surface area contributed by atoms with Crippen molar-refractivity contribution in [1.82, 2.24) is 0 Å². The van der Waals surface area contributed by atoms with Gasteiger partial charge in [0.25, 0.3) is 0 Å². The largest absolute Gasteiger partial charge is 0.468 e. The van der Waals surface area contributed by atoms with Crippen molar-refractivity contribution >= 4 is 11.9 Å². The summed E-state index contributed by atoms with van der Waals surface area (Å²) in [6.45, 7) is 2.02. The average molecular weight is 292 g/mol. The minimum Gasteiger partial charge on any atom is -0.468 e. The summed E-state index contributed by atoms with van der Waals surface area (Å²) in [5, 5.41) is 0. The van der Waals surface area contributed by atoms with Crippen LogP contribution < -0.4 is 0 Å². The molecule has 0 bridgehead atoms. The van der Waals surface area contributed by atoms with Crippen LogP contribution in [-0.2, 0) is 25.5 Å². The molecule has 1 aromatic rings. The van der Waals surface area contributed by atoms with E-state index in [1.54, 1.807) is 0 Å². The number of rotatable bonds is 8. The molecule has 0 aliphatic heterocycles. The topological polar surface area (TPSA) is 52.6 Å². The van der Waals surface area contributed by atoms with Crippen molar-refractivity contribution in [3.8, 4) is 0 Å². The molecule has 0 heterocycles. The highest BCUT2D eigenvalue weighted by Crippen LogP contribution is 2.33. The van der Waals surface area contributed by atoms with Gasteiger partial charge in [-0.1, -0.05) is 50.1 Å². The van der Waals surface area contributed by atoms with Crippen LogP contribution in [0, 0.1) is 5.41 Å². The van der Waals surface area contributed by atoms with Crippen LogP contribution in [0.2, 0.25) is 0 Å². The third kappa shape index (κ3) is 4.31. The Morgan fingerprint density at radius 3 is 2.05 bits per heavy atom. The highest BCUT2D eigenvalue weighted by atomic mass is 16.5. The molecule has 0 saturated carbocycles. The van der Waals surface area contributed by atoms with Gasteiger partial charge in [0, 0.05) is 0 Å². The molecule has 116 valence electrons. The number of esters is 2. The molecular formula is C17H24O4. The van der Waals surface area contributed by atoms with Crippen LogP contribution in [0.1, 0.15) is 38.2 Å². The molecule has 0 fully saturated rings. The Hall–Kier alpha value is -1.84. The van der Waals surface area contributed by atoms with Gasteiger partial charge in [-0.25, -0.2) is 0 Å². The maximum atomic E-state index is 12.2. The van der Waals surface area contributed by atoms with Crippen LogP contribution in [0.3, 0.4) is 0 Å². The standard InChI is InChI=1S/C17H24O4/c1-4-5-12-17(15(18)20-2,16(19)21-3)13-11-14-9-7-6-8-10-14/h6-10H,4-5,11-13H2,1-3H3. The first-order valence-corrected chi connectivity index (χ1v) is 7.31. The van der Waals surface area contributed by atoms with Crippen LogP contribution in [0.25, 0.3) is 0 Å². The van der Waals surface area contributed by atoms with Gasteiger partial charge in [-0.15, -0.1) is 0 Å². The molecule has 0 aliphatic carbocycles. The summed E-state index contributed by atoms with van der Waals surface area (Å²) in [6, 6.07) is 9.80. The van der Waals surface area contributed by atoms with E-state index in [-0.39, 0.29) is 0 Å². The Morgan fingerprint density at radius 2 is 1.57 bits per heavy atom. The first-order chi connectivity index (χ1) is 10.1. The summed E-state index contributed by atoms with van der Waals surface area (Å²) < 4.78 is 9.77. The van der Waals surface area contributed by atoms with Crippen molar-refractivity contribution in [1.29, 1.82) is 0 Å². The Kier molecular flexibility index (Phi) is 6.92. The molecule has 0 radical (unpaired) electrons. The van der Waals surface area contributed by atoms with Gasteiger partial charge in [0.2, 0.25) is 0 Å². The molecule has 21 heavy (non-hydrogen) atoms. The van der Waals surface area contributed by atoms with Crippen LogP contribution in [0.5, 0.6) is 0 Å². The first-order valence-electron chi connectivity index (χ1n) is 7.31. The van der Waals surface area contributed by atoms with Crippen molar-refractivity contribution in [2.75, 3.05) is 14.2 Å². The number of aryl methyl sites for hydroxylation is 1. The summed E-state index contributed by atoms with van der Waals surface area (Å²) in [7, 11) is 2.63. The SMILES string of the molecule is CCCCC(CCc1ccccc1)(C(=O)OC)C(=O)OC. The minimum absolute atomic E-state index is 0.399. The maximum Gasteiger partial charge on any atom is 0.323 e. The number of ether oxygens (including phenoxy) is 2. The molecule has 0 atom stereocenters. The molecule has 0 N–H and O–H groups in total. The number of carbonyl (C=O) groups is 2. The first kappa shape index (κ1) is 17.2. The number of methoxy groups -OCH3 is 2. The fourth-order valence-electron chi connectivity index (χ4n) is 2.49. The highest BCUT2D eigenvalue weighted by Gasteiger charge is 2.47. The molecule has 0 spiro atoms. The smallest absolute Gasteiger partial charge is 0.323 e. The van der Waals surface area contributed by atoms with E-state index in [4.69, 9.17) is 9.47 Å². The summed E-state index contributed by atoms with van der Waals surface area (Å²) in [6.07, 6.45) is 3.17. The fraction of sp³-hybridized carbons (Fsp3) is 0.529. The van der Waals surface area contributed by atoms with Crippen molar-refractivity contribution in [2.24, 2.45) is 5.41 Å². The molecule has 0 saturated heterocycles. The second-order valence-electron chi connectivity index (χ2n) is 5.15. The second kappa shape index (κ2) is 8.45. The van der Waals surface area contributed by atoms with E-state index in [0.717, 1.165) is 18.4 Å². The zero-order valence-corrected chi connectivity index (χ0v) is 13.1. The average Bonchev–Trinajstić information content (AvgIpc) is 2.55. The lowest BCUT2D eigenvalue weighted by Gasteiger charge is -2.28. The van der Waals surface area contributed by atoms with E-state index in [2.05, 4.69) is 0 Å². The van der Waals surface area contributed by atoms with Crippen molar-refractivity contribution in [3.05, 3.63) is 35.9 Å². The van der Waals surface area contributed by atoms with E-state index < -0.39 is 17.4 Å². The third-order valence-electron chi connectivity index (χ3n) is 3.79. The van der Waals surface area contributed by atoms with E-state index in [9.17, 15) is 9.59 Å². The zero-order chi connectivity index (χ0) is 15.7. The molecule has 0 unspecified atom stereocenters. The van der Waals surface area contributed by atoms with Crippen molar-refractivity contribution in [3.63, 3.8) is 0 Å². The summed E-state index contributed by atoms with van der Waals surface area (Å²) in [5.74, 6) is -1.00. The number of hydrogen-bond donors (Lipinski definition) is 0. The van der Waals surface area contributed by atoms with Gasteiger partial charge in [-0.05, 0) is 24.8 Å². The Bertz CT molecular complexity index is 437. The Morgan fingerprint density at radius 1 is 1.00 bits per heavy atom. The number of unbranched alkanes of at least 4 members (excludes halogenated alkanes) is 1. The number of carbonyl (C=O) groups excluding carboxylic acids is 2. The van der Waals surface area contributed by atoms with Gasteiger partial charge in [0.1, 0.15) is 0 Å². The molecule has 4 heteroatoms. The molecule has 0 aliphatic rings. The normalized spacial score (nSPS) is 11.0. The number of benzene rings is 1. The predicted octanol–water partition coefficient (Wildman–Crippen LogP) is 3.14. The lowest BCUT2D eigenvalue weighted by Crippen LogP contribution is -2.41. The van der Waals surface area contributed by atoms with Gasteiger partial charge < -0.3 is 9.47 Å². The quantitative estimate of drug-likeness (QED) is 0.545. The van der Waals surface area contributed by atoms with Gasteiger partial charge >= 0.3 is 11.9 Å². The molecule has 1 aromatic carbocycles. The Balaban J connectivity index is 2.97. The zero-order valence-electron chi connectivity index (χ0n) is 13.1. The van der Waals surface area contributed by atoms with E-state index in [1.807, 2.05) is 37.3 Å². The van der Waals surface area contributed by atoms with Gasteiger partial charge in [0.15, 0.2) is 5.41 Å². The molecule has 0 amide bonds.